The summed E-state index contributed by atoms with van der Waals surface area (Å²) in [7, 11) is 1.56. The van der Waals surface area contributed by atoms with Gasteiger partial charge in [0.2, 0.25) is 0 Å². The van der Waals surface area contributed by atoms with E-state index in [9.17, 15) is 14.0 Å². The number of hydrogen-bond donors (Lipinski definition) is 1. The van der Waals surface area contributed by atoms with E-state index in [-0.39, 0.29) is 5.78 Å². The number of methoxy groups -OCH3 is 1. The summed E-state index contributed by atoms with van der Waals surface area (Å²) in [5, 5.41) is 2.82. The van der Waals surface area contributed by atoms with E-state index in [4.69, 9.17) is 4.74 Å². The van der Waals surface area contributed by atoms with E-state index in [2.05, 4.69) is 5.32 Å². The Hall–Kier alpha value is -4.25. The molecule has 0 unspecified atom stereocenters. The van der Waals surface area contributed by atoms with Gasteiger partial charge in [-0.05, 0) is 53.6 Å². The molecule has 0 bridgehead atoms. The molecule has 0 aliphatic rings. The maximum absolute atomic E-state index is 14.0. The van der Waals surface area contributed by atoms with Crippen molar-refractivity contribution < 1.29 is 18.7 Å². The van der Waals surface area contributed by atoms with Gasteiger partial charge in [-0.2, -0.15) is 0 Å². The summed E-state index contributed by atoms with van der Waals surface area (Å²) in [4.78, 5) is 26.2. The van der Waals surface area contributed by atoms with Gasteiger partial charge in [-0.15, -0.1) is 0 Å². The Labute approximate surface area is 185 Å². The van der Waals surface area contributed by atoms with Gasteiger partial charge in [0.15, 0.2) is 5.78 Å². The topological polar surface area (TPSA) is 55.4 Å². The lowest BCUT2D eigenvalue weighted by atomic mass is 9.98. The van der Waals surface area contributed by atoms with Crippen LogP contribution < -0.4 is 10.1 Å². The van der Waals surface area contributed by atoms with Gasteiger partial charge in [0.25, 0.3) is 5.91 Å². The molecule has 158 valence electrons. The van der Waals surface area contributed by atoms with Crippen LogP contribution in [-0.4, -0.2) is 18.8 Å². The summed E-state index contributed by atoms with van der Waals surface area (Å²) in [6.45, 7) is 0. The lowest BCUT2D eigenvalue weighted by molar-refractivity contribution is 0.102. The minimum absolute atomic E-state index is 0.198. The summed E-state index contributed by atoms with van der Waals surface area (Å²) in [6.07, 6.45) is 0. The smallest absolute Gasteiger partial charge is 0.256 e. The normalized spacial score (nSPS) is 10.4. The number of halogens is 1. The summed E-state index contributed by atoms with van der Waals surface area (Å²) in [6, 6.07) is 26.7. The highest BCUT2D eigenvalue weighted by Gasteiger charge is 2.18. The van der Waals surface area contributed by atoms with Gasteiger partial charge in [-0.25, -0.2) is 4.39 Å². The van der Waals surface area contributed by atoms with Crippen LogP contribution in [0.25, 0.3) is 11.1 Å². The average molecular weight is 425 g/mol. The van der Waals surface area contributed by atoms with Gasteiger partial charge in [0, 0.05) is 16.7 Å². The van der Waals surface area contributed by atoms with Crippen molar-refractivity contribution >= 4 is 17.4 Å². The largest absolute Gasteiger partial charge is 0.497 e. The van der Waals surface area contributed by atoms with Crippen LogP contribution >= 0.6 is 0 Å². The number of anilines is 1. The van der Waals surface area contributed by atoms with E-state index in [1.54, 1.807) is 79.9 Å². The van der Waals surface area contributed by atoms with Crippen molar-refractivity contribution in [1.29, 1.82) is 0 Å². The van der Waals surface area contributed by atoms with Crippen molar-refractivity contribution in [2.45, 2.75) is 0 Å². The molecule has 0 aliphatic heterocycles. The number of ketones is 1. The minimum atomic E-state index is -0.452. The van der Waals surface area contributed by atoms with E-state index in [0.717, 1.165) is 0 Å². The molecule has 4 nitrogen and oxygen atoms in total. The van der Waals surface area contributed by atoms with Gasteiger partial charge in [0.1, 0.15) is 11.6 Å². The van der Waals surface area contributed by atoms with Crippen LogP contribution in [0.1, 0.15) is 26.3 Å². The van der Waals surface area contributed by atoms with Crippen molar-refractivity contribution in [3.8, 4) is 16.9 Å². The van der Waals surface area contributed by atoms with Crippen LogP contribution in [-0.2, 0) is 0 Å². The van der Waals surface area contributed by atoms with E-state index < -0.39 is 11.7 Å². The minimum Gasteiger partial charge on any atom is -0.497 e. The summed E-state index contributed by atoms with van der Waals surface area (Å²) in [5.41, 5.74) is 2.69. The number of hydrogen-bond acceptors (Lipinski definition) is 3. The predicted octanol–water partition coefficient (Wildman–Crippen LogP) is 5.98. The quantitative estimate of drug-likeness (QED) is 0.386. The lowest BCUT2D eigenvalue weighted by Crippen LogP contribution is -2.16. The molecule has 1 amide bonds. The molecular weight excluding hydrogens is 405 g/mol. The number of amides is 1. The standard InChI is InChI=1S/C27H20FNO3/c1-32-21-14-11-18(12-15-21)24-17-20(28)13-16-22(24)27(31)29-25-10-6-5-9-23(25)26(30)19-7-3-2-4-8-19/h2-17H,1H3,(H,29,31). The molecule has 0 saturated heterocycles. The van der Waals surface area contributed by atoms with Crippen LogP contribution in [0.5, 0.6) is 5.75 Å². The van der Waals surface area contributed by atoms with Crippen molar-refractivity contribution in [2.24, 2.45) is 0 Å². The molecule has 5 heteroatoms. The molecule has 1 N–H and O–H groups in total. The molecule has 4 rings (SSSR count). The Morgan fingerprint density at radius 1 is 0.781 bits per heavy atom. The van der Waals surface area contributed by atoms with Gasteiger partial charge in [-0.1, -0.05) is 54.6 Å². The van der Waals surface area contributed by atoms with Crippen molar-refractivity contribution in [1.82, 2.24) is 0 Å². The van der Waals surface area contributed by atoms with Crippen LogP contribution in [0.4, 0.5) is 10.1 Å². The van der Waals surface area contributed by atoms with Gasteiger partial charge in [0.05, 0.1) is 12.8 Å². The lowest BCUT2D eigenvalue weighted by Gasteiger charge is -2.14. The fraction of sp³-hybridized carbons (Fsp3) is 0.0370. The molecule has 0 fully saturated rings. The molecule has 4 aromatic rings. The molecule has 0 aliphatic carbocycles. The van der Waals surface area contributed by atoms with Crippen molar-refractivity contribution in [2.75, 3.05) is 12.4 Å². The van der Waals surface area contributed by atoms with E-state index in [1.807, 2.05) is 6.07 Å². The van der Waals surface area contributed by atoms with E-state index in [0.29, 0.717) is 39.3 Å². The summed E-state index contributed by atoms with van der Waals surface area (Å²) < 4.78 is 19.2. The van der Waals surface area contributed by atoms with Crippen molar-refractivity contribution in [3.63, 3.8) is 0 Å². The number of carbonyl (C=O) groups is 2. The number of rotatable bonds is 6. The highest BCUT2D eigenvalue weighted by molar-refractivity contribution is 6.16. The fourth-order valence-electron chi connectivity index (χ4n) is 3.45. The monoisotopic (exact) mass is 425 g/mol. The first-order valence-electron chi connectivity index (χ1n) is 10.0. The molecule has 4 aromatic carbocycles. The second-order valence-electron chi connectivity index (χ2n) is 7.11. The van der Waals surface area contributed by atoms with Crippen LogP contribution in [0, 0.1) is 5.82 Å². The first-order valence-corrected chi connectivity index (χ1v) is 10.0. The zero-order valence-electron chi connectivity index (χ0n) is 17.3. The Morgan fingerprint density at radius 3 is 2.19 bits per heavy atom. The van der Waals surface area contributed by atoms with Crippen LogP contribution in [0.3, 0.4) is 0 Å². The van der Waals surface area contributed by atoms with Crippen LogP contribution in [0.15, 0.2) is 97.1 Å². The Kier molecular flexibility index (Phi) is 6.08. The maximum Gasteiger partial charge on any atom is 0.256 e. The molecule has 0 heterocycles. The molecular formula is C27H20FNO3. The Bertz CT molecular complexity index is 1270. The Morgan fingerprint density at radius 2 is 1.47 bits per heavy atom. The second-order valence-corrected chi connectivity index (χ2v) is 7.11. The third kappa shape index (κ3) is 4.42. The Balaban J connectivity index is 1.68. The third-order valence-electron chi connectivity index (χ3n) is 5.08. The van der Waals surface area contributed by atoms with E-state index >= 15 is 0 Å². The molecule has 0 aromatic heterocycles. The second kappa shape index (κ2) is 9.27. The highest BCUT2D eigenvalue weighted by atomic mass is 19.1. The first-order chi connectivity index (χ1) is 15.6. The predicted molar refractivity (Wildman–Crippen MR) is 123 cm³/mol. The average Bonchev–Trinajstić information content (AvgIpc) is 2.84. The van der Waals surface area contributed by atoms with E-state index in [1.165, 1.54) is 18.2 Å². The van der Waals surface area contributed by atoms with Gasteiger partial charge < -0.3 is 10.1 Å². The van der Waals surface area contributed by atoms with Crippen molar-refractivity contribution in [3.05, 3.63) is 120 Å². The maximum atomic E-state index is 14.0. The first kappa shape index (κ1) is 21.0. The summed E-state index contributed by atoms with van der Waals surface area (Å²) >= 11 is 0. The fourth-order valence-corrected chi connectivity index (χ4v) is 3.45. The number of nitrogens with one attached hydrogen (secondary N) is 1. The molecule has 0 saturated carbocycles. The highest BCUT2D eigenvalue weighted by Crippen LogP contribution is 2.28. The zero-order chi connectivity index (χ0) is 22.5. The number of para-hydroxylation sites is 1. The third-order valence-corrected chi connectivity index (χ3v) is 5.08. The zero-order valence-corrected chi connectivity index (χ0v) is 17.3. The molecule has 0 spiro atoms. The van der Waals surface area contributed by atoms with Gasteiger partial charge in [-0.3, -0.25) is 9.59 Å². The van der Waals surface area contributed by atoms with Crippen LogP contribution in [0.2, 0.25) is 0 Å². The van der Waals surface area contributed by atoms with Gasteiger partial charge >= 0.3 is 0 Å². The number of ether oxygens (including phenoxy) is 1. The summed E-state index contributed by atoms with van der Waals surface area (Å²) in [5.74, 6) is -0.434. The molecule has 0 atom stereocenters. The molecule has 32 heavy (non-hydrogen) atoms. The molecule has 0 radical (unpaired) electrons. The number of benzene rings is 4. The number of carbonyl (C=O) groups excluding carboxylic acids is 2. The SMILES string of the molecule is COc1ccc(-c2cc(F)ccc2C(=O)Nc2ccccc2C(=O)c2ccccc2)cc1.